The largest absolute Gasteiger partial charge is 0.398 e. The van der Waals surface area contributed by atoms with Crippen LogP contribution in [-0.2, 0) is 4.79 Å². The number of nitrogens with one attached hydrogen (secondary N) is 2. The van der Waals surface area contributed by atoms with E-state index in [4.69, 9.17) is 5.73 Å². The lowest BCUT2D eigenvalue weighted by Gasteiger charge is -2.19. The van der Waals surface area contributed by atoms with Crippen LogP contribution in [0.15, 0.2) is 78.9 Å². The number of fused-ring (bicyclic) bond motifs is 1. The van der Waals surface area contributed by atoms with E-state index in [0.717, 1.165) is 22.3 Å². The summed E-state index contributed by atoms with van der Waals surface area (Å²) < 4.78 is 0. The zero-order chi connectivity index (χ0) is 19.5. The number of nitrogens with two attached hydrogens (primary N) is 1. The number of rotatable bonds is 3. The highest BCUT2D eigenvalue weighted by Crippen LogP contribution is 2.32. The zero-order valence-electron chi connectivity index (χ0n) is 15.1. The fourth-order valence-electron chi connectivity index (χ4n) is 3.35. The molecule has 3 aromatic carbocycles. The lowest BCUT2D eigenvalue weighted by molar-refractivity contribution is -0.111. The molecule has 0 aliphatic carbocycles. The van der Waals surface area contributed by atoms with Crippen molar-refractivity contribution >= 4 is 28.8 Å². The van der Waals surface area contributed by atoms with E-state index in [1.54, 1.807) is 6.07 Å². The van der Waals surface area contributed by atoms with Crippen LogP contribution in [0.3, 0.4) is 0 Å². The van der Waals surface area contributed by atoms with Crippen molar-refractivity contribution < 1.29 is 9.59 Å². The van der Waals surface area contributed by atoms with Crippen LogP contribution in [0.1, 0.15) is 15.9 Å². The Hall–Kier alpha value is -3.86. The molecule has 0 spiro atoms. The van der Waals surface area contributed by atoms with Crippen molar-refractivity contribution in [1.82, 2.24) is 5.32 Å². The Labute approximate surface area is 162 Å². The van der Waals surface area contributed by atoms with Crippen LogP contribution in [0.25, 0.3) is 16.7 Å². The maximum atomic E-state index is 12.7. The molecule has 5 heteroatoms. The van der Waals surface area contributed by atoms with E-state index in [0.29, 0.717) is 23.5 Å². The third-order valence-electron chi connectivity index (χ3n) is 4.70. The number of carbonyl (C=O) groups is 2. The Kier molecular flexibility index (Phi) is 4.64. The van der Waals surface area contributed by atoms with Crippen molar-refractivity contribution in [2.45, 2.75) is 0 Å². The SMILES string of the molecule is Nc1ccccc1-c1ccccc1NC(=O)/C=C1\CNC(=O)c2ccccc21. The monoisotopic (exact) mass is 369 g/mol. The molecule has 138 valence electrons. The maximum absolute atomic E-state index is 12.7. The first-order valence-electron chi connectivity index (χ1n) is 8.96. The number of benzene rings is 3. The molecule has 1 aliphatic rings. The van der Waals surface area contributed by atoms with E-state index >= 15 is 0 Å². The Morgan fingerprint density at radius 3 is 2.21 bits per heavy atom. The lowest BCUT2D eigenvalue weighted by Crippen LogP contribution is -2.31. The summed E-state index contributed by atoms with van der Waals surface area (Å²) in [5, 5.41) is 5.74. The first-order chi connectivity index (χ1) is 13.6. The number of hydrogen-bond donors (Lipinski definition) is 3. The summed E-state index contributed by atoms with van der Waals surface area (Å²) in [5.74, 6) is -0.388. The van der Waals surface area contributed by atoms with Crippen molar-refractivity contribution in [3.63, 3.8) is 0 Å². The van der Waals surface area contributed by atoms with E-state index in [-0.39, 0.29) is 11.8 Å². The van der Waals surface area contributed by atoms with Gasteiger partial charge in [0.25, 0.3) is 5.91 Å². The Balaban J connectivity index is 1.64. The molecule has 0 fully saturated rings. The molecule has 2 amide bonds. The summed E-state index contributed by atoms with van der Waals surface area (Å²) >= 11 is 0. The molecule has 0 unspecified atom stereocenters. The highest BCUT2D eigenvalue weighted by Gasteiger charge is 2.20. The summed E-state index contributed by atoms with van der Waals surface area (Å²) in [6.07, 6.45) is 1.53. The molecule has 0 saturated carbocycles. The van der Waals surface area contributed by atoms with Gasteiger partial charge in [-0.1, -0.05) is 54.6 Å². The topological polar surface area (TPSA) is 84.2 Å². The lowest BCUT2D eigenvalue weighted by atomic mass is 9.95. The van der Waals surface area contributed by atoms with Crippen LogP contribution < -0.4 is 16.4 Å². The minimum absolute atomic E-state index is 0.127. The first kappa shape index (κ1) is 17.5. The fraction of sp³-hybridized carbons (Fsp3) is 0.0435. The minimum atomic E-state index is -0.261. The smallest absolute Gasteiger partial charge is 0.252 e. The second-order valence-electron chi connectivity index (χ2n) is 6.52. The molecule has 1 heterocycles. The number of para-hydroxylation sites is 2. The van der Waals surface area contributed by atoms with Crippen LogP contribution in [0.5, 0.6) is 0 Å². The first-order valence-corrected chi connectivity index (χ1v) is 8.96. The van der Waals surface area contributed by atoms with Gasteiger partial charge in [0.2, 0.25) is 5.91 Å². The fourth-order valence-corrected chi connectivity index (χ4v) is 3.35. The van der Waals surface area contributed by atoms with Crippen molar-refractivity contribution in [3.05, 3.63) is 90.0 Å². The normalized spacial score (nSPS) is 14.3. The molecule has 28 heavy (non-hydrogen) atoms. The molecule has 0 aromatic heterocycles. The standard InChI is InChI=1S/C23H19N3O2/c24-20-11-5-3-8-17(20)18-9-4-6-12-21(18)26-22(27)13-15-14-25-23(28)19-10-2-1-7-16(15)19/h1-13H,14,24H2,(H,25,28)(H,26,27)/b15-13+. The third kappa shape index (κ3) is 3.38. The summed E-state index contributed by atoms with van der Waals surface area (Å²) in [6, 6.07) is 22.3. The van der Waals surface area contributed by atoms with Gasteiger partial charge in [-0.3, -0.25) is 9.59 Å². The Morgan fingerprint density at radius 1 is 0.857 bits per heavy atom. The van der Waals surface area contributed by atoms with Gasteiger partial charge >= 0.3 is 0 Å². The molecule has 0 bridgehead atoms. The zero-order valence-corrected chi connectivity index (χ0v) is 15.1. The van der Waals surface area contributed by atoms with Crippen LogP contribution in [0, 0.1) is 0 Å². The highest BCUT2D eigenvalue weighted by atomic mass is 16.2. The average Bonchev–Trinajstić information content (AvgIpc) is 2.71. The Bertz CT molecular complexity index is 1100. The predicted molar refractivity (Wildman–Crippen MR) is 112 cm³/mol. The minimum Gasteiger partial charge on any atom is -0.398 e. The van der Waals surface area contributed by atoms with Gasteiger partial charge in [-0.15, -0.1) is 0 Å². The molecular weight excluding hydrogens is 350 g/mol. The van der Waals surface area contributed by atoms with E-state index in [1.807, 2.05) is 66.7 Å². The number of amides is 2. The van der Waals surface area contributed by atoms with Gasteiger partial charge in [0.1, 0.15) is 0 Å². The summed E-state index contributed by atoms with van der Waals surface area (Å²) in [5.41, 5.74) is 11.3. The summed E-state index contributed by atoms with van der Waals surface area (Å²) in [7, 11) is 0. The molecule has 0 saturated heterocycles. The summed E-state index contributed by atoms with van der Waals surface area (Å²) in [6.45, 7) is 0.316. The maximum Gasteiger partial charge on any atom is 0.252 e. The van der Waals surface area contributed by atoms with Gasteiger partial charge in [0.15, 0.2) is 0 Å². The molecule has 4 N–H and O–H groups in total. The van der Waals surface area contributed by atoms with Crippen molar-refractivity contribution in [1.29, 1.82) is 0 Å². The van der Waals surface area contributed by atoms with Gasteiger partial charge in [-0.2, -0.15) is 0 Å². The van der Waals surface area contributed by atoms with Gasteiger partial charge in [-0.25, -0.2) is 0 Å². The number of nitrogen functional groups attached to an aromatic ring is 1. The second kappa shape index (κ2) is 7.40. The molecular formula is C23H19N3O2. The average molecular weight is 369 g/mol. The van der Waals surface area contributed by atoms with Crippen LogP contribution in [0.2, 0.25) is 0 Å². The molecule has 0 atom stereocenters. The molecule has 4 rings (SSSR count). The van der Waals surface area contributed by atoms with Gasteiger partial charge in [-0.05, 0) is 29.3 Å². The van der Waals surface area contributed by atoms with E-state index < -0.39 is 0 Å². The van der Waals surface area contributed by atoms with Crippen molar-refractivity contribution in [3.8, 4) is 11.1 Å². The quantitative estimate of drug-likeness (QED) is 0.486. The molecule has 1 aliphatic heterocycles. The molecule has 3 aromatic rings. The Morgan fingerprint density at radius 2 is 1.46 bits per heavy atom. The van der Waals surface area contributed by atoms with Crippen LogP contribution >= 0.6 is 0 Å². The molecule has 0 radical (unpaired) electrons. The highest BCUT2D eigenvalue weighted by molar-refractivity contribution is 6.10. The molecule has 5 nitrogen and oxygen atoms in total. The number of hydrogen-bond acceptors (Lipinski definition) is 3. The van der Waals surface area contributed by atoms with Gasteiger partial charge < -0.3 is 16.4 Å². The van der Waals surface area contributed by atoms with E-state index in [1.165, 1.54) is 6.08 Å². The van der Waals surface area contributed by atoms with E-state index in [9.17, 15) is 9.59 Å². The number of carbonyl (C=O) groups excluding carboxylic acids is 2. The summed E-state index contributed by atoms with van der Waals surface area (Å²) in [4.78, 5) is 24.7. The van der Waals surface area contributed by atoms with E-state index in [2.05, 4.69) is 10.6 Å². The van der Waals surface area contributed by atoms with Gasteiger partial charge in [0.05, 0.1) is 0 Å². The predicted octanol–water partition coefficient (Wildman–Crippen LogP) is 3.70. The van der Waals surface area contributed by atoms with Crippen LogP contribution in [-0.4, -0.2) is 18.4 Å². The third-order valence-corrected chi connectivity index (χ3v) is 4.70. The van der Waals surface area contributed by atoms with Crippen molar-refractivity contribution in [2.75, 3.05) is 17.6 Å². The van der Waals surface area contributed by atoms with Crippen LogP contribution in [0.4, 0.5) is 11.4 Å². The van der Waals surface area contributed by atoms with Gasteiger partial charge in [0, 0.05) is 40.7 Å². The second-order valence-corrected chi connectivity index (χ2v) is 6.52. The van der Waals surface area contributed by atoms with Crippen molar-refractivity contribution in [2.24, 2.45) is 0 Å². The number of anilines is 2.